The van der Waals surface area contributed by atoms with E-state index in [4.69, 9.17) is 17.3 Å². The Kier molecular flexibility index (Phi) is 4.58. The molecule has 1 aliphatic rings. The van der Waals surface area contributed by atoms with Crippen LogP contribution in [0.4, 0.5) is 5.69 Å². The van der Waals surface area contributed by atoms with Gasteiger partial charge in [-0.1, -0.05) is 24.9 Å². The van der Waals surface area contributed by atoms with Crippen LogP contribution in [0.1, 0.15) is 44.3 Å². The van der Waals surface area contributed by atoms with E-state index in [-0.39, 0.29) is 5.91 Å². The Morgan fingerprint density at radius 1 is 1.52 bits per heavy atom. The molecule has 1 amide bonds. The molecule has 0 bridgehead atoms. The standard InChI is InChI=1S/C15H19ClN6O/c1-2-3-12(17)15(23)18-10-6-7-11(16)13(8-10)22-14(9-4-5-9)19-20-21-22/h6-9,12H,2-5,17H2,1H3,(H,18,23). The summed E-state index contributed by atoms with van der Waals surface area (Å²) in [6.45, 7) is 1.99. The Morgan fingerprint density at radius 3 is 3.00 bits per heavy atom. The number of anilines is 1. The van der Waals surface area contributed by atoms with Gasteiger partial charge in [0.2, 0.25) is 5.91 Å². The number of nitrogens with two attached hydrogens (primary N) is 1. The van der Waals surface area contributed by atoms with Gasteiger partial charge in [-0.3, -0.25) is 4.79 Å². The molecule has 7 nitrogen and oxygen atoms in total. The maximum Gasteiger partial charge on any atom is 0.241 e. The van der Waals surface area contributed by atoms with E-state index in [1.807, 2.05) is 6.92 Å². The van der Waals surface area contributed by atoms with Crippen LogP contribution < -0.4 is 11.1 Å². The Balaban J connectivity index is 1.84. The number of amides is 1. The smallest absolute Gasteiger partial charge is 0.241 e. The second-order valence-corrected chi connectivity index (χ2v) is 6.18. The zero-order valence-corrected chi connectivity index (χ0v) is 13.6. The molecule has 1 atom stereocenters. The molecule has 0 saturated heterocycles. The normalized spacial score (nSPS) is 15.4. The summed E-state index contributed by atoms with van der Waals surface area (Å²) in [5.41, 5.74) is 7.11. The first-order chi connectivity index (χ1) is 11.1. The molecule has 1 aromatic heterocycles. The van der Waals surface area contributed by atoms with E-state index < -0.39 is 6.04 Å². The van der Waals surface area contributed by atoms with Crippen LogP contribution in [0.5, 0.6) is 0 Å². The van der Waals surface area contributed by atoms with Crippen LogP contribution >= 0.6 is 11.6 Å². The van der Waals surface area contributed by atoms with Crippen LogP contribution in [0.3, 0.4) is 0 Å². The number of nitrogens with zero attached hydrogens (tertiary/aromatic N) is 4. The van der Waals surface area contributed by atoms with Gasteiger partial charge in [-0.05, 0) is 47.9 Å². The van der Waals surface area contributed by atoms with Gasteiger partial charge in [0.25, 0.3) is 0 Å². The van der Waals surface area contributed by atoms with Crippen LogP contribution in [0.25, 0.3) is 5.69 Å². The molecule has 0 aliphatic heterocycles. The van der Waals surface area contributed by atoms with Gasteiger partial charge in [-0.25, -0.2) is 0 Å². The first-order valence-electron chi connectivity index (χ1n) is 7.74. The number of tetrazole rings is 1. The predicted molar refractivity (Wildman–Crippen MR) is 87.7 cm³/mol. The summed E-state index contributed by atoms with van der Waals surface area (Å²) in [6, 6.07) is 4.70. The first-order valence-corrected chi connectivity index (χ1v) is 8.12. The highest BCUT2D eigenvalue weighted by Gasteiger charge is 2.30. The lowest BCUT2D eigenvalue weighted by molar-refractivity contribution is -0.117. The minimum absolute atomic E-state index is 0.209. The highest BCUT2D eigenvalue weighted by Crippen LogP contribution is 2.39. The molecule has 2 aromatic rings. The fourth-order valence-corrected chi connectivity index (χ4v) is 2.59. The molecule has 1 aromatic carbocycles. The molecule has 122 valence electrons. The number of hydrogen-bond acceptors (Lipinski definition) is 5. The molecule has 1 fully saturated rings. The Hall–Kier alpha value is -1.99. The van der Waals surface area contributed by atoms with Gasteiger partial charge in [-0.2, -0.15) is 4.68 Å². The van der Waals surface area contributed by atoms with E-state index >= 15 is 0 Å². The molecular weight excluding hydrogens is 316 g/mol. The van der Waals surface area contributed by atoms with Crippen molar-refractivity contribution in [1.82, 2.24) is 20.2 Å². The van der Waals surface area contributed by atoms with Crippen LogP contribution in [0.15, 0.2) is 18.2 Å². The minimum atomic E-state index is -0.519. The number of rotatable bonds is 6. The predicted octanol–water partition coefficient (Wildman–Crippen LogP) is 2.26. The molecule has 1 saturated carbocycles. The van der Waals surface area contributed by atoms with Crippen molar-refractivity contribution in [2.45, 2.75) is 44.6 Å². The molecule has 0 spiro atoms. The molecule has 1 unspecified atom stereocenters. The lowest BCUT2D eigenvalue weighted by Crippen LogP contribution is -2.35. The van der Waals surface area contributed by atoms with Crippen molar-refractivity contribution in [3.63, 3.8) is 0 Å². The number of carbonyl (C=O) groups is 1. The van der Waals surface area contributed by atoms with E-state index in [0.717, 1.165) is 25.1 Å². The van der Waals surface area contributed by atoms with E-state index in [9.17, 15) is 4.79 Å². The Bertz CT molecular complexity index is 712. The van der Waals surface area contributed by atoms with Crippen molar-refractivity contribution >= 4 is 23.2 Å². The number of nitrogens with one attached hydrogen (secondary N) is 1. The summed E-state index contributed by atoms with van der Waals surface area (Å²) in [5.74, 6) is 0.981. The molecule has 8 heteroatoms. The SMILES string of the molecule is CCCC(N)C(=O)Nc1ccc(Cl)c(-n2nnnc2C2CC2)c1. The lowest BCUT2D eigenvalue weighted by atomic mass is 10.1. The van der Waals surface area contributed by atoms with Crippen molar-refractivity contribution in [1.29, 1.82) is 0 Å². The van der Waals surface area contributed by atoms with Gasteiger partial charge >= 0.3 is 0 Å². The molecule has 3 rings (SSSR count). The summed E-state index contributed by atoms with van der Waals surface area (Å²) in [5, 5.41) is 15.2. The third-order valence-corrected chi connectivity index (χ3v) is 4.13. The summed E-state index contributed by atoms with van der Waals surface area (Å²) in [6.07, 6.45) is 3.67. The van der Waals surface area contributed by atoms with Gasteiger partial charge in [0, 0.05) is 11.6 Å². The van der Waals surface area contributed by atoms with Crippen molar-refractivity contribution in [3.8, 4) is 5.69 Å². The van der Waals surface area contributed by atoms with Crippen LogP contribution in [0, 0.1) is 0 Å². The second-order valence-electron chi connectivity index (χ2n) is 5.77. The maximum absolute atomic E-state index is 12.1. The molecule has 23 heavy (non-hydrogen) atoms. The fourth-order valence-electron chi connectivity index (χ4n) is 2.39. The number of halogens is 1. The largest absolute Gasteiger partial charge is 0.325 e. The third-order valence-electron chi connectivity index (χ3n) is 3.81. The van der Waals surface area contributed by atoms with Crippen LogP contribution in [0.2, 0.25) is 5.02 Å². The first kappa shape index (κ1) is 15.9. The number of aromatic nitrogens is 4. The van der Waals surface area contributed by atoms with E-state index in [1.54, 1.807) is 22.9 Å². The topological polar surface area (TPSA) is 98.7 Å². The van der Waals surface area contributed by atoms with Crippen molar-refractivity contribution in [3.05, 3.63) is 29.0 Å². The average Bonchev–Trinajstić information content (AvgIpc) is 3.27. The second kappa shape index (κ2) is 6.64. The van der Waals surface area contributed by atoms with Gasteiger partial charge in [-0.15, -0.1) is 5.10 Å². The van der Waals surface area contributed by atoms with Crippen molar-refractivity contribution in [2.75, 3.05) is 5.32 Å². The van der Waals surface area contributed by atoms with E-state index in [1.165, 1.54) is 0 Å². The van der Waals surface area contributed by atoms with Gasteiger partial charge in [0.15, 0.2) is 5.82 Å². The number of carbonyl (C=O) groups excluding carboxylic acids is 1. The van der Waals surface area contributed by atoms with Crippen LogP contribution in [-0.2, 0) is 4.79 Å². The fraction of sp³-hybridized carbons (Fsp3) is 0.467. The number of benzene rings is 1. The zero-order valence-electron chi connectivity index (χ0n) is 12.9. The average molecular weight is 335 g/mol. The van der Waals surface area contributed by atoms with E-state index in [0.29, 0.717) is 28.7 Å². The van der Waals surface area contributed by atoms with Crippen LogP contribution in [-0.4, -0.2) is 32.2 Å². The van der Waals surface area contributed by atoms with Crippen molar-refractivity contribution in [2.24, 2.45) is 5.73 Å². The Morgan fingerprint density at radius 2 is 2.30 bits per heavy atom. The molecule has 0 radical (unpaired) electrons. The monoisotopic (exact) mass is 334 g/mol. The van der Waals surface area contributed by atoms with E-state index in [2.05, 4.69) is 20.8 Å². The maximum atomic E-state index is 12.1. The summed E-state index contributed by atoms with van der Waals surface area (Å²) >= 11 is 6.28. The lowest BCUT2D eigenvalue weighted by Gasteiger charge is -2.13. The highest BCUT2D eigenvalue weighted by atomic mass is 35.5. The quantitative estimate of drug-likeness (QED) is 0.844. The molecule has 1 heterocycles. The molecular formula is C15H19ClN6O. The van der Waals surface area contributed by atoms with Gasteiger partial charge < -0.3 is 11.1 Å². The number of hydrogen-bond donors (Lipinski definition) is 2. The summed E-state index contributed by atoms with van der Waals surface area (Å²) in [7, 11) is 0. The third kappa shape index (κ3) is 3.51. The minimum Gasteiger partial charge on any atom is -0.325 e. The Labute approximate surface area is 139 Å². The summed E-state index contributed by atoms with van der Waals surface area (Å²) in [4.78, 5) is 12.1. The molecule has 1 aliphatic carbocycles. The zero-order chi connectivity index (χ0) is 16.4. The van der Waals surface area contributed by atoms with Gasteiger partial charge in [0.1, 0.15) is 0 Å². The molecule has 3 N–H and O–H groups in total. The summed E-state index contributed by atoms with van der Waals surface area (Å²) < 4.78 is 1.64. The highest BCUT2D eigenvalue weighted by molar-refractivity contribution is 6.32. The van der Waals surface area contributed by atoms with Crippen molar-refractivity contribution < 1.29 is 4.79 Å². The van der Waals surface area contributed by atoms with Gasteiger partial charge in [0.05, 0.1) is 16.8 Å².